The minimum atomic E-state index is -0.542. The van der Waals surface area contributed by atoms with E-state index in [4.69, 9.17) is 5.26 Å². The van der Waals surface area contributed by atoms with Gasteiger partial charge >= 0.3 is 5.97 Å². The van der Waals surface area contributed by atoms with Crippen molar-refractivity contribution in [3.63, 3.8) is 0 Å². The summed E-state index contributed by atoms with van der Waals surface area (Å²) in [6, 6.07) is 1.66. The average molecular weight is 128 g/mol. The maximum Gasteiger partial charge on any atom is 0.338 e. The van der Waals surface area contributed by atoms with Gasteiger partial charge in [0, 0.05) is 6.54 Å². The van der Waals surface area contributed by atoms with Crippen LogP contribution in [0.1, 0.15) is 13.3 Å². The molecule has 0 unspecified atom stereocenters. The van der Waals surface area contributed by atoms with Gasteiger partial charge in [0.15, 0.2) is 0 Å². The minimum Gasteiger partial charge on any atom is -0.370 e. The third kappa shape index (κ3) is 4.78. The number of hydroxylamine groups is 1. The summed E-state index contributed by atoms with van der Waals surface area (Å²) in [5, 5.41) is 7.96. The van der Waals surface area contributed by atoms with Crippen molar-refractivity contribution in [2.75, 3.05) is 6.54 Å². The molecule has 4 nitrogen and oxygen atoms in total. The van der Waals surface area contributed by atoms with Crippen molar-refractivity contribution >= 4 is 5.97 Å². The van der Waals surface area contributed by atoms with Crippen molar-refractivity contribution in [2.24, 2.45) is 0 Å². The molecule has 0 aliphatic carbocycles. The summed E-state index contributed by atoms with van der Waals surface area (Å²) in [6.45, 7) is 2.34. The third-order valence-electron chi connectivity index (χ3n) is 0.554. The fourth-order valence-corrected chi connectivity index (χ4v) is 0.253. The van der Waals surface area contributed by atoms with Gasteiger partial charge in [-0.1, -0.05) is 0 Å². The van der Waals surface area contributed by atoms with Crippen molar-refractivity contribution < 1.29 is 9.63 Å². The Kier molecular flexibility index (Phi) is 4.46. The number of rotatable bonds is 3. The zero-order chi connectivity index (χ0) is 7.11. The quantitative estimate of drug-likeness (QED) is 0.542. The van der Waals surface area contributed by atoms with Crippen LogP contribution >= 0.6 is 0 Å². The van der Waals surface area contributed by atoms with Gasteiger partial charge < -0.3 is 4.84 Å². The highest BCUT2D eigenvalue weighted by Crippen LogP contribution is 1.78. The fraction of sp³-hybridized carbons (Fsp3) is 0.600. The second kappa shape index (κ2) is 5.06. The first-order chi connectivity index (χ1) is 4.31. The first kappa shape index (κ1) is 7.92. The molecule has 0 saturated heterocycles. The lowest BCUT2D eigenvalue weighted by atomic mass is 10.5. The number of hydrogen-bond acceptors (Lipinski definition) is 4. The zero-order valence-corrected chi connectivity index (χ0v) is 5.18. The number of carbonyl (C=O) groups excluding carboxylic acids is 1. The molecule has 0 atom stereocenters. The number of nitrogens with one attached hydrogen (secondary N) is 1. The lowest BCUT2D eigenvalue weighted by molar-refractivity contribution is -0.149. The highest BCUT2D eigenvalue weighted by Gasteiger charge is 1.97. The van der Waals surface area contributed by atoms with Gasteiger partial charge in [0.25, 0.3) is 0 Å². The molecule has 0 heterocycles. The van der Waals surface area contributed by atoms with Crippen LogP contribution in [-0.2, 0) is 9.63 Å². The van der Waals surface area contributed by atoms with Crippen LogP contribution in [0.15, 0.2) is 0 Å². The van der Waals surface area contributed by atoms with E-state index in [0.717, 1.165) is 0 Å². The molecule has 0 aromatic rings. The summed E-state index contributed by atoms with van der Waals surface area (Å²) in [7, 11) is 0. The maximum atomic E-state index is 10.3. The largest absolute Gasteiger partial charge is 0.370 e. The van der Waals surface area contributed by atoms with E-state index in [1.165, 1.54) is 0 Å². The van der Waals surface area contributed by atoms with Crippen LogP contribution in [0, 0.1) is 11.3 Å². The first-order valence-corrected chi connectivity index (χ1v) is 2.60. The molecule has 0 radical (unpaired) electrons. The Labute approximate surface area is 53.4 Å². The number of nitriles is 1. The van der Waals surface area contributed by atoms with E-state index in [9.17, 15) is 4.79 Å². The van der Waals surface area contributed by atoms with Crippen molar-refractivity contribution in [1.82, 2.24) is 5.48 Å². The van der Waals surface area contributed by atoms with E-state index in [0.29, 0.717) is 6.54 Å². The number of hydrogen-bond donors (Lipinski definition) is 1. The Balaban J connectivity index is 3.19. The van der Waals surface area contributed by atoms with Crippen LogP contribution in [0.3, 0.4) is 0 Å². The summed E-state index contributed by atoms with van der Waals surface area (Å²) >= 11 is 0. The van der Waals surface area contributed by atoms with E-state index in [1.54, 1.807) is 13.0 Å². The Bertz CT molecular complexity index is 127. The molecular weight excluding hydrogens is 120 g/mol. The van der Waals surface area contributed by atoms with Gasteiger partial charge in [0.05, 0.1) is 6.07 Å². The van der Waals surface area contributed by atoms with Gasteiger partial charge in [-0.3, -0.25) is 0 Å². The predicted molar refractivity (Wildman–Crippen MR) is 30.0 cm³/mol. The van der Waals surface area contributed by atoms with E-state index in [1.807, 2.05) is 0 Å². The molecule has 0 fully saturated rings. The van der Waals surface area contributed by atoms with Crippen LogP contribution < -0.4 is 5.48 Å². The average Bonchev–Trinajstić information content (AvgIpc) is 1.85. The standard InChI is InChI=1S/C5H8N2O2/c1-2-7-9-5(8)3-4-6/h7H,2-3H2,1H3. The highest BCUT2D eigenvalue weighted by atomic mass is 16.7. The summed E-state index contributed by atoms with van der Waals surface area (Å²) in [6.07, 6.45) is -0.201. The SMILES string of the molecule is CCNOC(=O)CC#N. The second-order valence-corrected chi connectivity index (χ2v) is 1.31. The molecule has 0 saturated carbocycles. The molecule has 9 heavy (non-hydrogen) atoms. The highest BCUT2D eigenvalue weighted by molar-refractivity contribution is 5.71. The summed E-state index contributed by atoms with van der Waals surface area (Å²) in [5.74, 6) is -0.542. The van der Waals surface area contributed by atoms with E-state index in [-0.39, 0.29) is 6.42 Å². The smallest absolute Gasteiger partial charge is 0.338 e. The predicted octanol–water partition coefficient (Wildman–Crippen LogP) is -0.0322. The normalized spacial score (nSPS) is 8.00. The van der Waals surface area contributed by atoms with Gasteiger partial charge in [-0.15, -0.1) is 0 Å². The summed E-state index contributed by atoms with van der Waals surface area (Å²) in [4.78, 5) is 14.6. The molecule has 0 aromatic carbocycles. The Morgan fingerprint density at radius 1 is 1.89 bits per heavy atom. The molecule has 0 bridgehead atoms. The van der Waals surface area contributed by atoms with Crippen molar-refractivity contribution in [3.05, 3.63) is 0 Å². The molecule has 0 rings (SSSR count). The van der Waals surface area contributed by atoms with Crippen molar-refractivity contribution in [3.8, 4) is 6.07 Å². The van der Waals surface area contributed by atoms with E-state index in [2.05, 4.69) is 10.3 Å². The second-order valence-electron chi connectivity index (χ2n) is 1.31. The van der Waals surface area contributed by atoms with Crippen LogP contribution in [-0.4, -0.2) is 12.5 Å². The molecule has 50 valence electrons. The third-order valence-corrected chi connectivity index (χ3v) is 0.554. The zero-order valence-electron chi connectivity index (χ0n) is 5.18. The fourth-order valence-electron chi connectivity index (χ4n) is 0.253. The Hall–Kier alpha value is -1.08. The molecule has 0 aromatic heterocycles. The van der Waals surface area contributed by atoms with Crippen LogP contribution in [0.5, 0.6) is 0 Å². The molecule has 1 N–H and O–H groups in total. The molecule has 0 aliphatic rings. The number of nitrogens with zero attached hydrogens (tertiary/aromatic N) is 1. The first-order valence-electron chi connectivity index (χ1n) is 2.60. The summed E-state index contributed by atoms with van der Waals surface area (Å²) < 4.78 is 0. The monoisotopic (exact) mass is 128 g/mol. The van der Waals surface area contributed by atoms with Crippen LogP contribution in [0.25, 0.3) is 0 Å². The van der Waals surface area contributed by atoms with Crippen LogP contribution in [0.2, 0.25) is 0 Å². The van der Waals surface area contributed by atoms with E-state index >= 15 is 0 Å². The van der Waals surface area contributed by atoms with Gasteiger partial charge in [0.2, 0.25) is 0 Å². The van der Waals surface area contributed by atoms with Gasteiger partial charge in [-0.05, 0) is 6.92 Å². The topological polar surface area (TPSA) is 62.1 Å². The Morgan fingerprint density at radius 3 is 3.00 bits per heavy atom. The maximum absolute atomic E-state index is 10.3. The number of carbonyl (C=O) groups is 1. The van der Waals surface area contributed by atoms with Crippen molar-refractivity contribution in [2.45, 2.75) is 13.3 Å². The molecule has 4 heteroatoms. The summed E-state index contributed by atoms with van der Waals surface area (Å²) in [5.41, 5.74) is 2.33. The molecular formula is C5H8N2O2. The van der Waals surface area contributed by atoms with E-state index < -0.39 is 5.97 Å². The molecule has 0 amide bonds. The van der Waals surface area contributed by atoms with Crippen LogP contribution in [0.4, 0.5) is 0 Å². The Morgan fingerprint density at radius 2 is 2.56 bits per heavy atom. The lowest BCUT2D eigenvalue weighted by Crippen LogP contribution is -2.18. The lowest BCUT2D eigenvalue weighted by Gasteiger charge is -1.97. The molecule has 0 aliphatic heterocycles. The van der Waals surface area contributed by atoms with Gasteiger partial charge in [-0.2, -0.15) is 10.7 Å². The van der Waals surface area contributed by atoms with Gasteiger partial charge in [0.1, 0.15) is 6.42 Å². The van der Waals surface area contributed by atoms with Gasteiger partial charge in [-0.25, -0.2) is 4.79 Å². The minimum absolute atomic E-state index is 0.201. The molecule has 0 spiro atoms. The van der Waals surface area contributed by atoms with Crippen molar-refractivity contribution in [1.29, 1.82) is 5.26 Å².